The summed E-state index contributed by atoms with van der Waals surface area (Å²) in [6.45, 7) is 1.43. The lowest BCUT2D eigenvalue weighted by Crippen LogP contribution is -2.17. The summed E-state index contributed by atoms with van der Waals surface area (Å²) in [4.78, 5) is 11.5. The van der Waals surface area contributed by atoms with Crippen molar-refractivity contribution in [3.63, 3.8) is 0 Å². The number of hydrogen-bond acceptors (Lipinski definition) is 2. The Labute approximate surface area is 110 Å². The maximum absolute atomic E-state index is 12.7. The van der Waals surface area contributed by atoms with Crippen LogP contribution in [0.25, 0.3) is 0 Å². The van der Waals surface area contributed by atoms with Crippen molar-refractivity contribution in [1.82, 2.24) is 0 Å². The number of halogens is 6. The molecule has 1 rings (SSSR count). The molecule has 2 nitrogen and oxygen atoms in total. The molecule has 0 aliphatic heterocycles. The number of carbonyl (C=O) groups is 1. The molecule has 0 saturated carbocycles. The SMILES string of the molecule is CCCOC(=O)c1cc(C(F)(F)F)ccc1C(F)(F)F. The molecule has 0 unspecified atom stereocenters. The summed E-state index contributed by atoms with van der Waals surface area (Å²) in [6.07, 6.45) is -9.44. The molecule has 0 N–H and O–H groups in total. The van der Waals surface area contributed by atoms with Crippen molar-refractivity contribution in [2.24, 2.45) is 0 Å². The summed E-state index contributed by atoms with van der Waals surface area (Å²) in [5.74, 6) is -1.43. The molecule has 0 aromatic heterocycles. The molecular weight excluding hydrogens is 290 g/mol. The van der Waals surface area contributed by atoms with E-state index in [4.69, 9.17) is 0 Å². The van der Waals surface area contributed by atoms with Crippen LogP contribution in [0.5, 0.6) is 0 Å². The molecule has 0 atom stereocenters. The third-order valence-electron chi connectivity index (χ3n) is 2.31. The highest BCUT2D eigenvalue weighted by Gasteiger charge is 2.39. The van der Waals surface area contributed by atoms with E-state index in [1.807, 2.05) is 0 Å². The van der Waals surface area contributed by atoms with Crippen molar-refractivity contribution in [3.05, 3.63) is 34.9 Å². The normalized spacial score (nSPS) is 12.3. The Balaban J connectivity index is 3.31. The standard InChI is InChI=1S/C12H10F6O2/c1-2-5-20-10(19)8-6-7(11(13,14)15)3-4-9(8)12(16,17)18/h3-4,6H,2,5H2,1H3. The third-order valence-corrected chi connectivity index (χ3v) is 2.31. The third kappa shape index (κ3) is 3.88. The first-order valence-corrected chi connectivity index (χ1v) is 5.53. The molecule has 0 radical (unpaired) electrons. The topological polar surface area (TPSA) is 26.3 Å². The smallest absolute Gasteiger partial charge is 0.417 e. The average molecular weight is 300 g/mol. The minimum atomic E-state index is -4.94. The molecule has 0 aliphatic rings. The number of esters is 1. The summed E-state index contributed by atoms with van der Waals surface area (Å²) in [7, 11) is 0. The summed E-state index contributed by atoms with van der Waals surface area (Å²) < 4.78 is 79.9. The Morgan fingerprint density at radius 2 is 1.70 bits per heavy atom. The second kappa shape index (κ2) is 5.72. The maximum atomic E-state index is 12.7. The predicted octanol–water partition coefficient (Wildman–Crippen LogP) is 4.29. The van der Waals surface area contributed by atoms with Crippen molar-refractivity contribution in [2.75, 3.05) is 6.61 Å². The Morgan fingerprint density at radius 3 is 2.15 bits per heavy atom. The van der Waals surface area contributed by atoms with E-state index >= 15 is 0 Å². The minimum absolute atomic E-state index is 0.154. The molecule has 0 fully saturated rings. The Bertz CT molecular complexity index is 490. The van der Waals surface area contributed by atoms with Gasteiger partial charge in [0.25, 0.3) is 0 Å². The second-order valence-corrected chi connectivity index (χ2v) is 3.89. The highest BCUT2D eigenvalue weighted by Crippen LogP contribution is 2.36. The Morgan fingerprint density at radius 1 is 1.10 bits per heavy atom. The van der Waals surface area contributed by atoms with Crippen LogP contribution in [0.1, 0.15) is 34.8 Å². The lowest BCUT2D eigenvalue weighted by atomic mass is 10.0. The Kier molecular flexibility index (Phi) is 4.67. The van der Waals surface area contributed by atoms with E-state index in [0.717, 1.165) is 0 Å². The van der Waals surface area contributed by atoms with Crippen LogP contribution in [-0.2, 0) is 17.1 Å². The van der Waals surface area contributed by atoms with Gasteiger partial charge in [-0.3, -0.25) is 0 Å². The molecule has 0 amide bonds. The second-order valence-electron chi connectivity index (χ2n) is 3.89. The number of rotatable bonds is 3. The van der Waals surface area contributed by atoms with E-state index in [9.17, 15) is 31.1 Å². The van der Waals surface area contributed by atoms with Crippen LogP contribution in [0.2, 0.25) is 0 Å². The number of ether oxygens (including phenoxy) is 1. The molecule has 0 saturated heterocycles. The zero-order chi connectivity index (χ0) is 15.6. The number of carbonyl (C=O) groups excluding carboxylic acids is 1. The predicted molar refractivity (Wildman–Crippen MR) is 57.0 cm³/mol. The molecule has 20 heavy (non-hydrogen) atoms. The van der Waals surface area contributed by atoms with Crippen LogP contribution in [0, 0.1) is 0 Å². The molecular formula is C12H10F6O2. The molecule has 1 aromatic carbocycles. The average Bonchev–Trinajstić information content (AvgIpc) is 2.33. The zero-order valence-corrected chi connectivity index (χ0v) is 10.2. The highest BCUT2D eigenvalue weighted by molar-refractivity contribution is 5.91. The van der Waals surface area contributed by atoms with Gasteiger partial charge in [0.1, 0.15) is 0 Å². The largest absolute Gasteiger partial charge is 0.462 e. The molecule has 8 heteroatoms. The van der Waals surface area contributed by atoms with Crippen LogP contribution in [0.3, 0.4) is 0 Å². The van der Waals surface area contributed by atoms with Gasteiger partial charge in [-0.1, -0.05) is 6.92 Å². The van der Waals surface area contributed by atoms with Gasteiger partial charge >= 0.3 is 18.3 Å². The van der Waals surface area contributed by atoms with Gasteiger partial charge in [0, 0.05) is 0 Å². The van der Waals surface area contributed by atoms with Gasteiger partial charge in [0.2, 0.25) is 0 Å². The molecule has 0 heterocycles. The van der Waals surface area contributed by atoms with E-state index < -0.39 is 35.0 Å². The zero-order valence-electron chi connectivity index (χ0n) is 10.2. The van der Waals surface area contributed by atoms with Crippen LogP contribution in [-0.4, -0.2) is 12.6 Å². The molecule has 112 valence electrons. The van der Waals surface area contributed by atoms with Crippen LogP contribution < -0.4 is 0 Å². The van der Waals surface area contributed by atoms with Gasteiger partial charge < -0.3 is 4.74 Å². The van der Waals surface area contributed by atoms with Gasteiger partial charge in [-0.05, 0) is 24.6 Å². The number of hydrogen-bond donors (Lipinski definition) is 0. The van der Waals surface area contributed by atoms with Crippen molar-refractivity contribution >= 4 is 5.97 Å². The lowest BCUT2D eigenvalue weighted by Gasteiger charge is -2.15. The number of alkyl halides is 6. The molecule has 1 aromatic rings. The van der Waals surface area contributed by atoms with Crippen LogP contribution in [0.15, 0.2) is 18.2 Å². The first kappa shape index (κ1) is 16.3. The van der Waals surface area contributed by atoms with Gasteiger partial charge in [-0.15, -0.1) is 0 Å². The van der Waals surface area contributed by atoms with E-state index in [1.54, 1.807) is 6.92 Å². The van der Waals surface area contributed by atoms with E-state index in [1.165, 1.54) is 0 Å². The lowest BCUT2D eigenvalue weighted by molar-refractivity contribution is -0.141. The number of benzene rings is 1. The summed E-state index contributed by atoms with van der Waals surface area (Å²) in [5, 5.41) is 0. The van der Waals surface area contributed by atoms with Crippen LogP contribution in [0.4, 0.5) is 26.3 Å². The van der Waals surface area contributed by atoms with E-state index in [2.05, 4.69) is 4.74 Å². The fourth-order valence-electron chi connectivity index (χ4n) is 1.41. The first-order valence-electron chi connectivity index (χ1n) is 5.53. The van der Waals surface area contributed by atoms with Gasteiger partial charge in [0.15, 0.2) is 0 Å². The van der Waals surface area contributed by atoms with Crippen LogP contribution >= 0.6 is 0 Å². The monoisotopic (exact) mass is 300 g/mol. The van der Waals surface area contributed by atoms with Gasteiger partial charge in [0.05, 0.1) is 23.3 Å². The highest BCUT2D eigenvalue weighted by atomic mass is 19.4. The van der Waals surface area contributed by atoms with Crippen molar-refractivity contribution in [2.45, 2.75) is 25.7 Å². The van der Waals surface area contributed by atoms with Crippen molar-refractivity contribution < 1.29 is 35.9 Å². The van der Waals surface area contributed by atoms with Crippen molar-refractivity contribution in [1.29, 1.82) is 0 Å². The summed E-state index contributed by atoms with van der Waals surface area (Å²) >= 11 is 0. The molecule has 0 aliphatic carbocycles. The van der Waals surface area contributed by atoms with Crippen molar-refractivity contribution in [3.8, 4) is 0 Å². The van der Waals surface area contributed by atoms with E-state index in [0.29, 0.717) is 6.42 Å². The summed E-state index contributed by atoms with van der Waals surface area (Å²) in [5.41, 5.74) is -3.93. The fourth-order valence-corrected chi connectivity index (χ4v) is 1.41. The maximum Gasteiger partial charge on any atom is 0.417 e. The first-order chi connectivity index (χ1) is 9.07. The fraction of sp³-hybridized carbons (Fsp3) is 0.417. The summed E-state index contributed by atoms with van der Waals surface area (Å²) in [6, 6.07) is 0.658. The molecule has 0 bridgehead atoms. The minimum Gasteiger partial charge on any atom is -0.462 e. The van der Waals surface area contributed by atoms with Gasteiger partial charge in [-0.25, -0.2) is 4.79 Å². The van der Waals surface area contributed by atoms with E-state index in [-0.39, 0.29) is 24.8 Å². The van der Waals surface area contributed by atoms with Gasteiger partial charge in [-0.2, -0.15) is 26.3 Å². The quantitative estimate of drug-likeness (QED) is 0.615. The Hall–Kier alpha value is -1.73. The molecule has 0 spiro atoms.